The second-order valence-electron chi connectivity index (χ2n) is 9.15. The van der Waals surface area contributed by atoms with Crippen LogP contribution in [-0.2, 0) is 20.9 Å². The van der Waals surface area contributed by atoms with Gasteiger partial charge in [-0.25, -0.2) is 15.0 Å². The maximum Gasteiger partial charge on any atom is 0.337 e. The highest BCUT2D eigenvalue weighted by Crippen LogP contribution is 2.34. The third kappa shape index (κ3) is 8.36. The van der Waals surface area contributed by atoms with E-state index in [1.807, 2.05) is 42.5 Å². The highest BCUT2D eigenvalue weighted by Gasteiger charge is 2.32. The summed E-state index contributed by atoms with van der Waals surface area (Å²) < 4.78 is 23.8. The first kappa shape index (κ1) is 31.6. The standard InChI is InChI=1S/C30H28Br2N4O7/c1-17-27(29(38)41-3)28(35-30(39)34-17)19-6-10-24(25(13-19)40-2)43-16-26(37)36-33-14-20-12-22(32)9-11-23(20)42-15-18-4-7-21(31)8-5-18/h4-14,28H,15-16H2,1-3H3,(H,36,37)(H2,34,35,39)/b33-14-/t28-/m0/s1. The van der Waals surface area contributed by atoms with Crippen molar-refractivity contribution in [3.63, 3.8) is 0 Å². The van der Waals surface area contributed by atoms with Crippen molar-refractivity contribution in [2.45, 2.75) is 19.6 Å². The van der Waals surface area contributed by atoms with E-state index >= 15 is 0 Å². The molecular formula is C30H28Br2N4O7. The van der Waals surface area contributed by atoms with E-state index in [0.717, 1.165) is 14.5 Å². The first-order valence-electron chi connectivity index (χ1n) is 12.8. The number of amides is 3. The topological polar surface area (TPSA) is 137 Å². The van der Waals surface area contributed by atoms with E-state index in [-0.39, 0.29) is 17.9 Å². The van der Waals surface area contributed by atoms with Gasteiger partial charge in [-0.05, 0) is 60.5 Å². The van der Waals surface area contributed by atoms with Gasteiger partial charge < -0.3 is 29.6 Å². The van der Waals surface area contributed by atoms with Crippen LogP contribution in [0.1, 0.15) is 29.7 Å². The minimum absolute atomic E-state index is 0.252. The van der Waals surface area contributed by atoms with Crippen molar-refractivity contribution < 1.29 is 33.3 Å². The molecule has 3 amide bonds. The molecule has 0 fully saturated rings. The number of benzene rings is 3. The summed E-state index contributed by atoms with van der Waals surface area (Å²) in [4.78, 5) is 37.0. The van der Waals surface area contributed by atoms with Gasteiger partial charge in [-0.3, -0.25) is 4.79 Å². The minimum Gasteiger partial charge on any atom is -0.493 e. The van der Waals surface area contributed by atoms with Gasteiger partial charge in [-0.15, -0.1) is 0 Å². The van der Waals surface area contributed by atoms with Crippen LogP contribution in [0.15, 0.2) is 86.0 Å². The lowest BCUT2D eigenvalue weighted by molar-refractivity contribution is -0.136. The summed E-state index contributed by atoms with van der Waals surface area (Å²) in [5, 5.41) is 9.33. The van der Waals surface area contributed by atoms with E-state index < -0.39 is 23.9 Å². The summed E-state index contributed by atoms with van der Waals surface area (Å²) in [6.07, 6.45) is 1.48. The number of ether oxygens (including phenoxy) is 4. The number of carbonyl (C=O) groups excluding carboxylic acids is 3. The van der Waals surface area contributed by atoms with Gasteiger partial charge in [0.1, 0.15) is 12.4 Å². The van der Waals surface area contributed by atoms with Gasteiger partial charge in [0.25, 0.3) is 5.91 Å². The average Bonchev–Trinajstić information content (AvgIpc) is 2.99. The maximum atomic E-state index is 12.5. The van der Waals surface area contributed by atoms with E-state index in [4.69, 9.17) is 18.9 Å². The molecule has 13 heteroatoms. The molecule has 1 heterocycles. The fraction of sp³-hybridized carbons (Fsp3) is 0.200. The molecule has 0 spiro atoms. The highest BCUT2D eigenvalue weighted by molar-refractivity contribution is 9.10. The fourth-order valence-corrected chi connectivity index (χ4v) is 4.79. The van der Waals surface area contributed by atoms with E-state index in [0.29, 0.717) is 34.9 Å². The van der Waals surface area contributed by atoms with Crippen molar-refractivity contribution in [1.29, 1.82) is 0 Å². The fourth-order valence-electron chi connectivity index (χ4n) is 4.15. The monoisotopic (exact) mass is 714 g/mol. The minimum atomic E-state index is -0.774. The predicted octanol–water partition coefficient (Wildman–Crippen LogP) is 5.13. The molecule has 0 radical (unpaired) electrons. The number of hydrogen-bond acceptors (Lipinski definition) is 8. The lowest BCUT2D eigenvalue weighted by Crippen LogP contribution is -2.45. The van der Waals surface area contributed by atoms with Gasteiger partial charge in [0.2, 0.25) is 0 Å². The number of esters is 1. The molecule has 3 aromatic rings. The highest BCUT2D eigenvalue weighted by atomic mass is 79.9. The summed E-state index contributed by atoms with van der Waals surface area (Å²) >= 11 is 6.86. The molecule has 224 valence electrons. The number of allylic oxidation sites excluding steroid dienone is 1. The molecule has 1 aliphatic heterocycles. The Morgan fingerprint density at radius 2 is 1.67 bits per heavy atom. The Morgan fingerprint density at radius 1 is 0.953 bits per heavy atom. The number of rotatable bonds is 11. The molecule has 11 nitrogen and oxygen atoms in total. The molecule has 1 aliphatic rings. The zero-order valence-electron chi connectivity index (χ0n) is 23.4. The Hall–Kier alpha value is -4.36. The van der Waals surface area contributed by atoms with E-state index in [2.05, 4.69) is 53.0 Å². The molecule has 0 aliphatic carbocycles. The van der Waals surface area contributed by atoms with E-state index in [9.17, 15) is 14.4 Å². The van der Waals surface area contributed by atoms with Crippen LogP contribution in [0, 0.1) is 0 Å². The molecule has 0 saturated heterocycles. The van der Waals surface area contributed by atoms with Gasteiger partial charge in [0, 0.05) is 20.2 Å². The number of methoxy groups -OCH3 is 2. The lowest BCUT2D eigenvalue weighted by Gasteiger charge is -2.28. The van der Waals surface area contributed by atoms with Crippen molar-refractivity contribution in [3.05, 3.63) is 97.6 Å². The van der Waals surface area contributed by atoms with Crippen molar-refractivity contribution >= 4 is 56.0 Å². The molecule has 43 heavy (non-hydrogen) atoms. The SMILES string of the molecule is COC(=O)C1=C(C)NC(=O)N[C@H]1c1ccc(OCC(=O)N/N=C\c2cc(Br)ccc2OCc2ccc(Br)cc2)c(OC)c1. The van der Waals surface area contributed by atoms with Gasteiger partial charge in [-0.2, -0.15) is 5.10 Å². The van der Waals surface area contributed by atoms with Crippen LogP contribution in [0.5, 0.6) is 17.2 Å². The Morgan fingerprint density at radius 3 is 2.40 bits per heavy atom. The van der Waals surface area contributed by atoms with Crippen molar-refractivity contribution in [1.82, 2.24) is 16.1 Å². The van der Waals surface area contributed by atoms with Crippen LogP contribution >= 0.6 is 31.9 Å². The largest absolute Gasteiger partial charge is 0.493 e. The van der Waals surface area contributed by atoms with Crippen LogP contribution in [0.4, 0.5) is 4.79 Å². The third-order valence-electron chi connectivity index (χ3n) is 6.23. The van der Waals surface area contributed by atoms with Crippen molar-refractivity contribution in [2.75, 3.05) is 20.8 Å². The number of nitrogens with one attached hydrogen (secondary N) is 3. The molecule has 4 rings (SSSR count). The average molecular weight is 716 g/mol. The maximum absolute atomic E-state index is 12.5. The number of urea groups is 1. The Labute approximate surface area is 264 Å². The molecule has 0 bridgehead atoms. The molecule has 3 N–H and O–H groups in total. The molecular weight excluding hydrogens is 688 g/mol. The van der Waals surface area contributed by atoms with E-state index in [1.54, 1.807) is 25.1 Å². The summed E-state index contributed by atoms with van der Waals surface area (Å²) in [5.41, 5.74) is 5.28. The summed E-state index contributed by atoms with van der Waals surface area (Å²) in [6.45, 7) is 1.62. The first-order chi connectivity index (χ1) is 20.7. The molecule has 0 aromatic heterocycles. The second-order valence-corrected chi connectivity index (χ2v) is 11.0. The van der Waals surface area contributed by atoms with Crippen LogP contribution in [-0.4, -0.2) is 44.9 Å². The summed E-state index contributed by atoms with van der Waals surface area (Å²) in [7, 11) is 2.70. The Bertz CT molecular complexity index is 1580. The van der Waals surface area contributed by atoms with Gasteiger partial charge >= 0.3 is 12.0 Å². The molecule has 0 saturated carbocycles. The molecule has 0 unspecified atom stereocenters. The summed E-state index contributed by atoms with van der Waals surface area (Å²) in [5.74, 6) is 0.0757. The Balaban J connectivity index is 1.38. The number of carbonyl (C=O) groups is 3. The zero-order valence-corrected chi connectivity index (χ0v) is 26.6. The molecule has 3 aromatic carbocycles. The molecule has 1 atom stereocenters. The lowest BCUT2D eigenvalue weighted by atomic mass is 9.95. The Kier molecular flexibility index (Phi) is 10.8. The number of hydrogen-bond donors (Lipinski definition) is 3. The zero-order chi connectivity index (χ0) is 30.9. The van der Waals surface area contributed by atoms with Gasteiger partial charge in [0.05, 0.1) is 32.0 Å². The normalized spacial score (nSPS) is 14.5. The quantitative estimate of drug-likeness (QED) is 0.142. The smallest absolute Gasteiger partial charge is 0.337 e. The van der Waals surface area contributed by atoms with Gasteiger partial charge in [0.15, 0.2) is 18.1 Å². The van der Waals surface area contributed by atoms with Gasteiger partial charge in [-0.1, -0.05) is 50.1 Å². The second kappa shape index (κ2) is 14.7. The van der Waals surface area contributed by atoms with Crippen LogP contribution in [0.25, 0.3) is 0 Å². The first-order valence-corrected chi connectivity index (χ1v) is 14.4. The van der Waals surface area contributed by atoms with Crippen LogP contribution in [0.2, 0.25) is 0 Å². The predicted molar refractivity (Wildman–Crippen MR) is 166 cm³/mol. The summed E-state index contributed by atoms with van der Waals surface area (Å²) in [6, 6.07) is 16.9. The number of hydrazone groups is 1. The van der Waals surface area contributed by atoms with Crippen molar-refractivity contribution in [2.24, 2.45) is 5.10 Å². The number of nitrogens with zero attached hydrogens (tertiary/aromatic N) is 1. The van der Waals surface area contributed by atoms with Crippen LogP contribution in [0.3, 0.4) is 0 Å². The number of halogens is 2. The van der Waals surface area contributed by atoms with Crippen LogP contribution < -0.4 is 30.3 Å². The van der Waals surface area contributed by atoms with Crippen molar-refractivity contribution in [3.8, 4) is 17.2 Å². The third-order valence-corrected chi connectivity index (χ3v) is 7.25. The van der Waals surface area contributed by atoms with E-state index in [1.165, 1.54) is 20.4 Å².